The van der Waals surface area contributed by atoms with Gasteiger partial charge in [-0.1, -0.05) is 53.0 Å². The maximum atomic E-state index is 12.8. The first-order valence-corrected chi connectivity index (χ1v) is 14.7. The molecule has 0 spiro atoms. The molecular formula is C26H21Cl2N3O5S2. The highest BCUT2D eigenvalue weighted by Crippen LogP contribution is 2.31. The van der Waals surface area contributed by atoms with Gasteiger partial charge in [0.25, 0.3) is 26.0 Å². The van der Waals surface area contributed by atoms with E-state index in [1.165, 1.54) is 66.7 Å². The van der Waals surface area contributed by atoms with Crippen molar-refractivity contribution in [2.24, 2.45) is 0 Å². The number of carbonyl (C=O) groups excluding carboxylic acids is 1. The van der Waals surface area contributed by atoms with E-state index in [0.717, 1.165) is 5.56 Å². The third-order valence-electron chi connectivity index (χ3n) is 5.33. The normalized spacial score (nSPS) is 11.6. The fourth-order valence-corrected chi connectivity index (χ4v) is 5.89. The minimum Gasteiger partial charge on any atom is -0.322 e. The second-order valence-electron chi connectivity index (χ2n) is 8.18. The lowest BCUT2D eigenvalue weighted by molar-refractivity contribution is 0.102. The summed E-state index contributed by atoms with van der Waals surface area (Å²) < 4.78 is 55.7. The molecule has 196 valence electrons. The highest BCUT2D eigenvalue weighted by molar-refractivity contribution is 7.93. The SMILES string of the molecule is Cc1ccc(S(=O)(=O)Nc2cccc(C(=O)Nc3ccc(S(=O)(=O)Nc4cccc(Cl)c4Cl)cc3)c2)cc1. The van der Waals surface area contributed by atoms with Crippen LogP contribution in [-0.2, 0) is 20.0 Å². The zero-order chi connectivity index (χ0) is 27.5. The molecule has 38 heavy (non-hydrogen) atoms. The molecular weight excluding hydrogens is 569 g/mol. The summed E-state index contributed by atoms with van der Waals surface area (Å²) in [6.45, 7) is 1.85. The van der Waals surface area contributed by atoms with Gasteiger partial charge in [0.1, 0.15) is 0 Å². The Morgan fingerprint density at radius 1 is 0.684 bits per heavy atom. The first-order valence-electron chi connectivity index (χ1n) is 11.0. The Morgan fingerprint density at radius 3 is 1.92 bits per heavy atom. The molecule has 0 saturated carbocycles. The van der Waals surface area contributed by atoms with Crippen LogP contribution in [0.25, 0.3) is 0 Å². The largest absolute Gasteiger partial charge is 0.322 e. The van der Waals surface area contributed by atoms with E-state index in [4.69, 9.17) is 23.2 Å². The van der Waals surface area contributed by atoms with Gasteiger partial charge in [-0.15, -0.1) is 0 Å². The van der Waals surface area contributed by atoms with Crippen LogP contribution in [0, 0.1) is 6.92 Å². The zero-order valence-electron chi connectivity index (χ0n) is 19.8. The molecule has 0 saturated heterocycles. The number of nitrogens with one attached hydrogen (secondary N) is 3. The van der Waals surface area contributed by atoms with Gasteiger partial charge in [0, 0.05) is 16.9 Å². The second kappa shape index (κ2) is 11.0. The Morgan fingerprint density at radius 2 is 1.26 bits per heavy atom. The molecule has 4 aromatic carbocycles. The number of rotatable bonds is 8. The highest BCUT2D eigenvalue weighted by Gasteiger charge is 2.18. The molecule has 0 heterocycles. The number of amides is 1. The summed E-state index contributed by atoms with van der Waals surface area (Å²) in [5.74, 6) is -0.513. The van der Waals surface area contributed by atoms with E-state index in [9.17, 15) is 21.6 Å². The van der Waals surface area contributed by atoms with Crippen LogP contribution < -0.4 is 14.8 Å². The molecule has 3 N–H and O–H groups in total. The van der Waals surface area contributed by atoms with Crippen LogP contribution in [0.3, 0.4) is 0 Å². The first kappa shape index (κ1) is 27.5. The molecule has 1 amide bonds. The van der Waals surface area contributed by atoms with Gasteiger partial charge >= 0.3 is 0 Å². The summed E-state index contributed by atoms with van der Waals surface area (Å²) in [5.41, 5.74) is 1.80. The lowest BCUT2D eigenvalue weighted by Crippen LogP contribution is -2.15. The number of hydrogen-bond donors (Lipinski definition) is 3. The fraction of sp³-hybridized carbons (Fsp3) is 0.0385. The number of aryl methyl sites for hydroxylation is 1. The van der Waals surface area contributed by atoms with Crippen molar-refractivity contribution in [2.75, 3.05) is 14.8 Å². The predicted molar refractivity (Wildman–Crippen MR) is 150 cm³/mol. The molecule has 0 bridgehead atoms. The fourth-order valence-electron chi connectivity index (χ4n) is 3.36. The second-order valence-corrected chi connectivity index (χ2v) is 12.3. The van der Waals surface area contributed by atoms with Crippen molar-refractivity contribution in [2.45, 2.75) is 16.7 Å². The van der Waals surface area contributed by atoms with E-state index < -0.39 is 26.0 Å². The predicted octanol–water partition coefficient (Wildman–Crippen LogP) is 6.16. The number of benzene rings is 4. The molecule has 0 unspecified atom stereocenters. The Bertz CT molecular complexity index is 1710. The van der Waals surface area contributed by atoms with Crippen LogP contribution in [0.2, 0.25) is 10.0 Å². The molecule has 0 aliphatic rings. The highest BCUT2D eigenvalue weighted by atomic mass is 35.5. The Kier molecular flexibility index (Phi) is 7.98. The topological polar surface area (TPSA) is 121 Å². The Labute approximate surface area is 230 Å². The molecule has 0 aliphatic heterocycles. The van der Waals surface area contributed by atoms with Crippen LogP contribution >= 0.6 is 23.2 Å². The van der Waals surface area contributed by atoms with Gasteiger partial charge in [-0.2, -0.15) is 0 Å². The summed E-state index contributed by atoms with van der Waals surface area (Å²) in [6.07, 6.45) is 0. The Balaban J connectivity index is 1.45. The van der Waals surface area contributed by atoms with Gasteiger partial charge in [-0.05, 0) is 73.7 Å². The molecule has 0 atom stereocenters. The third-order valence-corrected chi connectivity index (χ3v) is 8.92. The lowest BCUT2D eigenvalue weighted by Gasteiger charge is -2.12. The maximum absolute atomic E-state index is 12.8. The average molecular weight is 591 g/mol. The molecule has 4 aromatic rings. The smallest absolute Gasteiger partial charge is 0.261 e. The van der Waals surface area contributed by atoms with Gasteiger partial charge < -0.3 is 5.32 Å². The van der Waals surface area contributed by atoms with Crippen molar-refractivity contribution < 1.29 is 21.6 Å². The molecule has 0 aromatic heterocycles. The van der Waals surface area contributed by atoms with Crippen LogP contribution in [0.4, 0.5) is 17.1 Å². The molecule has 0 radical (unpaired) electrons. The van der Waals surface area contributed by atoms with Crippen molar-refractivity contribution in [1.29, 1.82) is 0 Å². The number of halogens is 2. The number of anilines is 3. The molecule has 0 fully saturated rings. The van der Waals surface area contributed by atoms with Crippen molar-refractivity contribution >= 4 is 66.2 Å². The number of hydrogen-bond acceptors (Lipinski definition) is 5. The van der Waals surface area contributed by atoms with Crippen LogP contribution in [-0.4, -0.2) is 22.7 Å². The molecule has 0 aliphatic carbocycles. The molecule has 4 rings (SSSR count). The van der Waals surface area contributed by atoms with E-state index in [1.54, 1.807) is 24.3 Å². The quantitative estimate of drug-likeness (QED) is 0.227. The molecule has 12 heteroatoms. The van der Waals surface area contributed by atoms with Crippen molar-refractivity contribution in [3.63, 3.8) is 0 Å². The Hall–Kier alpha value is -3.57. The van der Waals surface area contributed by atoms with Gasteiger partial charge in [-0.25, -0.2) is 16.8 Å². The van der Waals surface area contributed by atoms with E-state index >= 15 is 0 Å². The monoisotopic (exact) mass is 589 g/mol. The summed E-state index contributed by atoms with van der Waals surface area (Å²) >= 11 is 12.0. The van der Waals surface area contributed by atoms with Crippen molar-refractivity contribution in [3.8, 4) is 0 Å². The van der Waals surface area contributed by atoms with Crippen LogP contribution in [0.1, 0.15) is 15.9 Å². The summed E-state index contributed by atoms with van der Waals surface area (Å²) in [7, 11) is -7.81. The number of carbonyl (C=O) groups is 1. The van der Waals surface area contributed by atoms with Crippen LogP contribution in [0.15, 0.2) is 101 Å². The van der Waals surface area contributed by atoms with Crippen molar-refractivity contribution in [3.05, 3.63) is 112 Å². The molecule has 8 nitrogen and oxygen atoms in total. The van der Waals surface area contributed by atoms with Crippen LogP contribution in [0.5, 0.6) is 0 Å². The average Bonchev–Trinajstić information content (AvgIpc) is 2.87. The van der Waals surface area contributed by atoms with Gasteiger partial charge in [0.15, 0.2) is 0 Å². The van der Waals surface area contributed by atoms with Crippen molar-refractivity contribution in [1.82, 2.24) is 0 Å². The van der Waals surface area contributed by atoms with E-state index in [-0.39, 0.29) is 36.8 Å². The third kappa shape index (κ3) is 6.46. The lowest BCUT2D eigenvalue weighted by atomic mass is 10.2. The van der Waals surface area contributed by atoms with E-state index in [2.05, 4.69) is 14.8 Å². The standard InChI is InChI=1S/C26H21Cl2N3O5S2/c1-17-8-12-21(13-9-17)37(33,34)30-20-5-2-4-18(16-20)26(32)29-19-10-14-22(15-11-19)38(35,36)31-24-7-3-6-23(27)25(24)28/h2-16,30-31H,1H3,(H,29,32). The zero-order valence-corrected chi connectivity index (χ0v) is 22.9. The first-order chi connectivity index (χ1) is 17.9. The maximum Gasteiger partial charge on any atom is 0.261 e. The van der Waals surface area contributed by atoms with Gasteiger partial charge in [0.2, 0.25) is 0 Å². The van der Waals surface area contributed by atoms with E-state index in [1.807, 2.05) is 6.92 Å². The summed E-state index contributed by atoms with van der Waals surface area (Å²) in [6, 6.07) is 22.5. The van der Waals surface area contributed by atoms with E-state index in [0.29, 0.717) is 5.69 Å². The minimum atomic E-state index is -3.97. The summed E-state index contributed by atoms with van der Waals surface area (Å²) in [5, 5.41) is 2.94. The number of sulfonamides is 2. The minimum absolute atomic E-state index is 0.0564. The van der Waals surface area contributed by atoms with Gasteiger partial charge in [-0.3, -0.25) is 14.2 Å². The van der Waals surface area contributed by atoms with Gasteiger partial charge in [0.05, 0.1) is 25.5 Å². The summed E-state index contributed by atoms with van der Waals surface area (Å²) in [4.78, 5) is 12.8.